The zero-order chi connectivity index (χ0) is 12.4. The standard InChI is InChI=1S/C12H14N4O/c1-8-4-6-10(7-5-8)16(3)12(17)11-13-9(2)14-15-11/h4-7H,1-3H3,(H,13,14,15). The van der Waals surface area contributed by atoms with Crippen LogP contribution in [0.4, 0.5) is 5.69 Å². The van der Waals surface area contributed by atoms with Gasteiger partial charge in [0.25, 0.3) is 5.91 Å². The molecule has 1 aromatic heterocycles. The van der Waals surface area contributed by atoms with Gasteiger partial charge in [-0.15, -0.1) is 5.10 Å². The van der Waals surface area contributed by atoms with Gasteiger partial charge < -0.3 is 4.90 Å². The van der Waals surface area contributed by atoms with E-state index in [4.69, 9.17) is 0 Å². The number of H-pyrrole nitrogens is 1. The Morgan fingerprint density at radius 3 is 2.41 bits per heavy atom. The molecule has 0 saturated carbocycles. The Labute approximate surface area is 99.5 Å². The molecule has 0 spiro atoms. The number of amides is 1. The largest absolute Gasteiger partial charge is 0.309 e. The van der Waals surface area contributed by atoms with Gasteiger partial charge in [0, 0.05) is 12.7 Å². The van der Waals surface area contributed by atoms with Crippen LogP contribution in [0, 0.1) is 13.8 Å². The molecule has 0 bridgehead atoms. The quantitative estimate of drug-likeness (QED) is 0.854. The molecule has 17 heavy (non-hydrogen) atoms. The van der Waals surface area contributed by atoms with Crippen molar-refractivity contribution in [3.63, 3.8) is 0 Å². The van der Waals surface area contributed by atoms with Crippen molar-refractivity contribution in [2.24, 2.45) is 0 Å². The predicted molar refractivity (Wildman–Crippen MR) is 65.0 cm³/mol. The second-order valence-corrected chi connectivity index (χ2v) is 3.94. The number of aromatic nitrogens is 3. The highest BCUT2D eigenvalue weighted by atomic mass is 16.2. The van der Waals surface area contributed by atoms with Crippen LogP contribution < -0.4 is 4.90 Å². The van der Waals surface area contributed by atoms with E-state index in [1.807, 2.05) is 31.2 Å². The SMILES string of the molecule is Cc1ccc(N(C)C(=O)c2n[nH]c(C)n2)cc1. The highest BCUT2D eigenvalue weighted by Crippen LogP contribution is 2.14. The summed E-state index contributed by atoms with van der Waals surface area (Å²) >= 11 is 0. The first-order valence-corrected chi connectivity index (χ1v) is 5.31. The number of aromatic amines is 1. The van der Waals surface area contributed by atoms with Gasteiger partial charge in [0.05, 0.1) is 0 Å². The number of nitrogens with one attached hydrogen (secondary N) is 1. The molecular formula is C12H14N4O. The highest BCUT2D eigenvalue weighted by molar-refractivity contribution is 6.03. The van der Waals surface area contributed by atoms with Crippen molar-refractivity contribution in [1.29, 1.82) is 0 Å². The number of anilines is 1. The fraction of sp³-hybridized carbons (Fsp3) is 0.250. The molecule has 2 aromatic rings. The van der Waals surface area contributed by atoms with Gasteiger partial charge in [0.1, 0.15) is 5.82 Å². The lowest BCUT2D eigenvalue weighted by Crippen LogP contribution is -2.27. The minimum atomic E-state index is -0.224. The fourth-order valence-corrected chi connectivity index (χ4v) is 1.47. The number of aryl methyl sites for hydroxylation is 2. The van der Waals surface area contributed by atoms with Crippen molar-refractivity contribution in [2.45, 2.75) is 13.8 Å². The summed E-state index contributed by atoms with van der Waals surface area (Å²) < 4.78 is 0. The van der Waals surface area contributed by atoms with Gasteiger partial charge >= 0.3 is 0 Å². The lowest BCUT2D eigenvalue weighted by molar-refractivity contribution is 0.0983. The number of hydrogen-bond acceptors (Lipinski definition) is 3. The van der Waals surface area contributed by atoms with Crippen molar-refractivity contribution in [3.05, 3.63) is 41.5 Å². The molecule has 5 nitrogen and oxygen atoms in total. The first-order chi connectivity index (χ1) is 8.08. The van der Waals surface area contributed by atoms with E-state index in [0.29, 0.717) is 5.82 Å². The second-order valence-electron chi connectivity index (χ2n) is 3.94. The average molecular weight is 230 g/mol. The van der Waals surface area contributed by atoms with Crippen LogP contribution >= 0.6 is 0 Å². The molecule has 0 aliphatic rings. The Balaban J connectivity index is 2.23. The normalized spacial score (nSPS) is 10.3. The number of carbonyl (C=O) groups excluding carboxylic acids is 1. The minimum absolute atomic E-state index is 0.186. The zero-order valence-electron chi connectivity index (χ0n) is 10.1. The van der Waals surface area contributed by atoms with Crippen molar-refractivity contribution in [1.82, 2.24) is 15.2 Å². The van der Waals surface area contributed by atoms with E-state index in [1.54, 1.807) is 14.0 Å². The maximum atomic E-state index is 12.0. The Kier molecular flexibility index (Phi) is 2.91. The molecule has 0 unspecified atom stereocenters. The summed E-state index contributed by atoms with van der Waals surface area (Å²) in [4.78, 5) is 17.6. The first-order valence-electron chi connectivity index (χ1n) is 5.31. The third-order valence-corrected chi connectivity index (χ3v) is 2.51. The summed E-state index contributed by atoms with van der Waals surface area (Å²) in [6.07, 6.45) is 0. The maximum Gasteiger partial charge on any atom is 0.297 e. The topological polar surface area (TPSA) is 61.9 Å². The van der Waals surface area contributed by atoms with E-state index in [0.717, 1.165) is 11.3 Å². The molecule has 0 fully saturated rings. The van der Waals surface area contributed by atoms with Gasteiger partial charge in [-0.25, -0.2) is 4.98 Å². The van der Waals surface area contributed by atoms with Crippen molar-refractivity contribution in [3.8, 4) is 0 Å². The van der Waals surface area contributed by atoms with Crippen molar-refractivity contribution >= 4 is 11.6 Å². The smallest absolute Gasteiger partial charge is 0.297 e. The molecule has 5 heteroatoms. The zero-order valence-corrected chi connectivity index (χ0v) is 10.1. The van der Waals surface area contributed by atoms with E-state index < -0.39 is 0 Å². The Morgan fingerprint density at radius 1 is 1.24 bits per heavy atom. The van der Waals surface area contributed by atoms with E-state index >= 15 is 0 Å². The Bertz CT molecular complexity index is 530. The molecule has 1 N–H and O–H groups in total. The lowest BCUT2D eigenvalue weighted by atomic mass is 10.2. The first kappa shape index (κ1) is 11.3. The van der Waals surface area contributed by atoms with Gasteiger partial charge in [-0.05, 0) is 26.0 Å². The van der Waals surface area contributed by atoms with Gasteiger partial charge in [-0.2, -0.15) is 0 Å². The predicted octanol–water partition coefficient (Wildman–Crippen LogP) is 1.70. The second kappa shape index (κ2) is 4.37. The summed E-state index contributed by atoms with van der Waals surface area (Å²) in [7, 11) is 1.71. The number of benzene rings is 1. The van der Waals surface area contributed by atoms with Gasteiger partial charge in [0.15, 0.2) is 0 Å². The Morgan fingerprint density at radius 2 is 1.88 bits per heavy atom. The molecule has 0 radical (unpaired) electrons. The number of nitrogens with zero attached hydrogens (tertiary/aromatic N) is 3. The van der Waals surface area contributed by atoms with Gasteiger partial charge in [0.2, 0.25) is 5.82 Å². The van der Waals surface area contributed by atoms with Gasteiger partial charge in [-0.3, -0.25) is 9.89 Å². The van der Waals surface area contributed by atoms with E-state index in [1.165, 1.54) is 4.90 Å². The molecule has 0 aliphatic heterocycles. The number of rotatable bonds is 2. The van der Waals surface area contributed by atoms with Crippen LogP contribution in [0.3, 0.4) is 0 Å². The molecule has 2 rings (SSSR count). The monoisotopic (exact) mass is 230 g/mol. The van der Waals surface area contributed by atoms with Crippen LogP contribution in [-0.2, 0) is 0 Å². The highest BCUT2D eigenvalue weighted by Gasteiger charge is 2.17. The third-order valence-electron chi connectivity index (χ3n) is 2.51. The molecular weight excluding hydrogens is 216 g/mol. The molecule has 88 valence electrons. The fourth-order valence-electron chi connectivity index (χ4n) is 1.47. The van der Waals surface area contributed by atoms with Crippen LogP contribution in [0.5, 0.6) is 0 Å². The molecule has 0 saturated heterocycles. The minimum Gasteiger partial charge on any atom is -0.309 e. The number of carbonyl (C=O) groups is 1. The molecule has 0 aliphatic carbocycles. The van der Waals surface area contributed by atoms with E-state index in [2.05, 4.69) is 15.2 Å². The van der Waals surface area contributed by atoms with E-state index in [-0.39, 0.29) is 11.7 Å². The summed E-state index contributed by atoms with van der Waals surface area (Å²) in [6.45, 7) is 3.76. The van der Waals surface area contributed by atoms with Crippen LogP contribution in [0.15, 0.2) is 24.3 Å². The molecule has 1 aromatic carbocycles. The van der Waals surface area contributed by atoms with Crippen molar-refractivity contribution in [2.75, 3.05) is 11.9 Å². The van der Waals surface area contributed by atoms with Crippen LogP contribution in [0.1, 0.15) is 22.0 Å². The van der Waals surface area contributed by atoms with Gasteiger partial charge in [-0.1, -0.05) is 17.7 Å². The lowest BCUT2D eigenvalue weighted by Gasteiger charge is -2.15. The average Bonchev–Trinajstić information content (AvgIpc) is 2.75. The molecule has 0 atom stereocenters. The third kappa shape index (κ3) is 2.33. The van der Waals surface area contributed by atoms with Crippen molar-refractivity contribution < 1.29 is 4.79 Å². The van der Waals surface area contributed by atoms with Crippen LogP contribution in [-0.4, -0.2) is 28.1 Å². The Hall–Kier alpha value is -2.17. The summed E-state index contributed by atoms with van der Waals surface area (Å²) in [5.74, 6) is 0.592. The van der Waals surface area contributed by atoms with Crippen LogP contribution in [0.2, 0.25) is 0 Å². The van der Waals surface area contributed by atoms with Crippen LogP contribution in [0.25, 0.3) is 0 Å². The maximum absolute atomic E-state index is 12.0. The molecule has 1 amide bonds. The van der Waals surface area contributed by atoms with E-state index in [9.17, 15) is 4.79 Å². The summed E-state index contributed by atoms with van der Waals surface area (Å²) in [6, 6.07) is 7.71. The summed E-state index contributed by atoms with van der Waals surface area (Å²) in [5.41, 5.74) is 1.98. The molecule has 1 heterocycles. The summed E-state index contributed by atoms with van der Waals surface area (Å²) in [5, 5.41) is 6.51. The number of hydrogen-bond donors (Lipinski definition) is 1.